The fraction of sp³-hybridized carbons (Fsp3) is 0.0909. The number of nitrogens with one attached hydrogen (secondary N) is 1. The Morgan fingerprint density at radius 1 is 1.24 bits per heavy atom. The third-order valence-electron chi connectivity index (χ3n) is 2.14. The molecule has 0 atom stereocenters. The quantitative estimate of drug-likeness (QED) is 0.838. The third kappa shape index (κ3) is 2.76. The fourth-order valence-electron chi connectivity index (χ4n) is 1.35. The van der Waals surface area contributed by atoms with Gasteiger partial charge in [0.25, 0.3) is 0 Å². The van der Waals surface area contributed by atoms with E-state index < -0.39 is 0 Å². The number of ether oxygens (including phenoxy) is 1. The van der Waals surface area contributed by atoms with Gasteiger partial charge in [-0.15, -0.1) is 0 Å². The molecule has 1 aromatic heterocycles. The van der Waals surface area contributed by atoms with E-state index in [9.17, 15) is 0 Å². The van der Waals surface area contributed by atoms with Gasteiger partial charge in [0.1, 0.15) is 6.33 Å². The number of halogens is 1. The van der Waals surface area contributed by atoms with E-state index in [-0.39, 0.29) is 0 Å². The topological polar surface area (TPSA) is 73.1 Å². The van der Waals surface area contributed by atoms with Gasteiger partial charge in [0.05, 0.1) is 7.11 Å². The summed E-state index contributed by atoms with van der Waals surface area (Å²) >= 11 is 2.25. The molecular formula is C11H11IN4O. The van der Waals surface area contributed by atoms with Crippen molar-refractivity contribution in [3.63, 3.8) is 0 Å². The van der Waals surface area contributed by atoms with E-state index in [1.165, 1.54) is 17.0 Å². The zero-order valence-corrected chi connectivity index (χ0v) is 11.3. The Balaban J connectivity index is 2.29. The number of benzene rings is 1. The minimum atomic E-state index is 0.315. The average molecular weight is 342 g/mol. The van der Waals surface area contributed by atoms with E-state index in [1.54, 1.807) is 0 Å². The first-order valence-corrected chi connectivity index (χ1v) is 5.95. The maximum Gasteiger partial charge on any atom is 0.204 e. The Kier molecular flexibility index (Phi) is 3.62. The smallest absolute Gasteiger partial charge is 0.204 e. The summed E-state index contributed by atoms with van der Waals surface area (Å²) in [5.41, 5.74) is 6.61. The number of nitrogen functional groups attached to an aromatic ring is 1. The molecule has 5 nitrogen and oxygen atoms in total. The molecule has 2 aromatic rings. The van der Waals surface area contributed by atoms with E-state index in [1.807, 2.05) is 24.3 Å². The van der Waals surface area contributed by atoms with Crippen LogP contribution in [-0.4, -0.2) is 17.1 Å². The number of hydrogen-bond acceptors (Lipinski definition) is 5. The van der Waals surface area contributed by atoms with Crippen LogP contribution in [0.5, 0.6) is 5.75 Å². The van der Waals surface area contributed by atoms with Crippen LogP contribution in [0.3, 0.4) is 0 Å². The molecule has 88 valence electrons. The fourth-order valence-corrected chi connectivity index (χ4v) is 1.71. The summed E-state index contributed by atoms with van der Waals surface area (Å²) < 4.78 is 6.33. The van der Waals surface area contributed by atoms with E-state index in [0.29, 0.717) is 17.4 Å². The summed E-state index contributed by atoms with van der Waals surface area (Å²) in [6.07, 6.45) is 1.40. The first-order valence-electron chi connectivity index (χ1n) is 4.88. The second kappa shape index (κ2) is 5.17. The van der Waals surface area contributed by atoms with Crippen molar-refractivity contribution in [3.05, 3.63) is 34.2 Å². The SMILES string of the molecule is COc1c(N)ncnc1Nc1ccc(I)cc1. The van der Waals surface area contributed by atoms with Crippen LogP contribution in [0.2, 0.25) is 0 Å². The lowest BCUT2D eigenvalue weighted by atomic mass is 10.3. The standard InChI is InChI=1S/C11H11IN4O/c1-17-9-10(13)14-6-15-11(9)16-8-4-2-7(12)3-5-8/h2-6H,1H3,(H3,13,14,15,16). The van der Waals surface area contributed by atoms with Gasteiger partial charge in [0.15, 0.2) is 11.6 Å². The number of nitrogens with zero attached hydrogens (tertiary/aromatic N) is 2. The molecule has 17 heavy (non-hydrogen) atoms. The molecule has 6 heteroatoms. The summed E-state index contributed by atoms with van der Waals surface area (Å²) in [5, 5.41) is 3.13. The highest BCUT2D eigenvalue weighted by atomic mass is 127. The first-order chi connectivity index (χ1) is 8.20. The monoisotopic (exact) mass is 342 g/mol. The Morgan fingerprint density at radius 2 is 1.94 bits per heavy atom. The van der Waals surface area contributed by atoms with Crippen LogP contribution in [0.25, 0.3) is 0 Å². The molecule has 0 aliphatic carbocycles. The van der Waals surface area contributed by atoms with Crippen LogP contribution in [0, 0.1) is 3.57 Å². The number of nitrogens with two attached hydrogens (primary N) is 1. The highest BCUT2D eigenvalue weighted by Crippen LogP contribution is 2.29. The van der Waals surface area contributed by atoms with Gasteiger partial charge in [-0.25, -0.2) is 9.97 Å². The van der Waals surface area contributed by atoms with E-state index in [2.05, 4.69) is 37.9 Å². The Hall–Kier alpha value is -1.57. The molecule has 1 heterocycles. The van der Waals surface area contributed by atoms with Crippen LogP contribution >= 0.6 is 22.6 Å². The molecule has 0 aliphatic heterocycles. The maximum absolute atomic E-state index is 5.69. The Morgan fingerprint density at radius 3 is 2.59 bits per heavy atom. The first kappa shape index (κ1) is 11.9. The van der Waals surface area contributed by atoms with Crippen molar-refractivity contribution >= 4 is 39.9 Å². The van der Waals surface area contributed by atoms with E-state index >= 15 is 0 Å². The lowest BCUT2D eigenvalue weighted by Crippen LogP contribution is -2.02. The molecule has 0 bridgehead atoms. The second-order valence-corrected chi connectivity index (χ2v) is 4.52. The van der Waals surface area contributed by atoms with Gasteiger partial charge >= 0.3 is 0 Å². The number of anilines is 3. The summed E-state index contributed by atoms with van der Waals surface area (Å²) in [5.74, 6) is 1.32. The molecule has 0 spiro atoms. The molecule has 2 rings (SSSR count). The minimum absolute atomic E-state index is 0.315. The van der Waals surface area contributed by atoms with Crippen LogP contribution in [0.1, 0.15) is 0 Å². The average Bonchev–Trinajstić information content (AvgIpc) is 2.32. The minimum Gasteiger partial charge on any atom is -0.490 e. The van der Waals surface area contributed by atoms with Crippen LogP contribution < -0.4 is 15.8 Å². The summed E-state index contributed by atoms with van der Waals surface area (Å²) in [6.45, 7) is 0. The lowest BCUT2D eigenvalue weighted by molar-refractivity contribution is 0.415. The van der Waals surface area contributed by atoms with Gasteiger partial charge in [0.2, 0.25) is 5.75 Å². The van der Waals surface area contributed by atoms with E-state index in [0.717, 1.165) is 5.69 Å². The van der Waals surface area contributed by atoms with Gasteiger partial charge in [-0.3, -0.25) is 0 Å². The molecule has 0 saturated heterocycles. The largest absolute Gasteiger partial charge is 0.490 e. The van der Waals surface area contributed by atoms with Gasteiger partial charge in [-0.1, -0.05) is 0 Å². The molecule has 0 amide bonds. The summed E-state index contributed by atoms with van der Waals surface area (Å²) in [4.78, 5) is 7.97. The predicted molar refractivity (Wildman–Crippen MR) is 75.4 cm³/mol. The molecule has 0 unspecified atom stereocenters. The van der Waals surface area contributed by atoms with E-state index in [4.69, 9.17) is 10.5 Å². The molecule has 1 aromatic carbocycles. The summed E-state index contributed by atoms with van der Waals surface area (Å²) in [6, 6.07) is 7.92. The lowest BCUT2D eigenvalue weighted by Gasteiger charge is -2.10. The molecule has 0 saturated carbocycles. The molecule has 0 fully saturated rings. The normalized spacial score (nSPS) is 10.0. The van der Waals surface area contributed by atoms with Crippen LogP contribution in [0.4, 0.5) is 17.3 Å². The van der Waals surface area contributed by atoms with Gasteiger partial charge in [0, 0.05) is 9.26 Å². The van der Waals surface area contributed by atoms with Crippen LogP contribution in [0.15, 0.2) is 30.6 Å². The van der Waals surface area contributed by atoms with Crippen molar-refractivity contribution in [2.75, 3.05) is 18.2 Å². The number of methoxy groups -OCH3 is 1. The van der Waals surface area contributed by atoms with Crippen LogP contribution in [-0.2, 0) is 0 Å². The number of hydrogen-bond donors (Lipinski definition) is 2. The number of rotatable bonds is 3. The summed E-state index contributed by atoms with van der Waals surface area (Å²) in [7, 11) is 1.54. The van der Waals surface area contributed by atoms with Crippen molar-refractivity contribution in [2.24, 2.45) is 0 Å². The Labute approximate surface area is 113 Å². The van der Waals surface area contributed by atoms with Crippen molar-refractivity contribution in [3.8, 4) is 5.75 Å². The van der Waals surface area contributed by atoms with Crippen molar-refractivity contribution in [2.45, 2.75) is 0 Å². The van der Waals surface area contributed by atoms with Gasteiger partial charge in [-0.2, -0.15) is 0 Å². The Bertz CT molecular complexity index is 515. The van der Waals surface area contributed by atoms with Gasteiger partial charge in [-0.05, 0) is 46.9 Å². The molecule has 0 radical (unpaired) electrons. The van der Waals surface area contributed by atoms with Crippen molar-refractivity contribution < 1.29 is 4.74 Å². The third-order valence-corrected chi connectivity index (χ3v) is 2.86. The van der Waals surface area contributed by atoms with Gasteiger partial charge < -0.3 is 15.8 Å². The second-order valence-electron chi connectivity index (χ2n) is 3.27. The van der Waals surface area contributed by atoms with Crippen molar-refractivity contribution in [1.29, 1.82) is 0 Å². The predicted octanol–water partition coefficient (Wildman–Crippen LogP) is 2.42. The zero-order valence-electron chi connectivity index (χ0n) is 9.14. The maximum atomic E-state index is 5.69. The molecule has 0 aliphatic rings. The van der Waals surface area contributed by atoms with Crippen molar-refractivity contribution in [1.82, 2.24) is 9.97 Å². The molecule has 3 N–H and O–H groups in total. The number of aromatic nitrogens is 2. The highest BCUT2D eigenvalue weighted by Gasteiger charge is 2.09. The molecular weight excluding hydrogens is 331 g/mol. The highest BCUT2D eigenvalue weighted by molar-refractivity contribution is 14.1. The zero-order chi connectivity index (χ0) is 12.3.